The fourth-order valence-electron chi connectivity index (χ4n) is 2.49. The van der Waals surface area contributed by atoms with Crippen molar-refractivity contribution in [1.29, 1.82) is 0 Å². The number of aliphatic hydroxyl groups is 1. The van der Waals surface area contributed by atoms with Crippen LogP contribution >= 0.6 is 11.6 Å². The highest BCUT2D eigenvalue weighted by atomic mass is 35.5. The number of hydrogen-bond acceptors (Lipinski definition) is 8. The Morgan fingerprint density at radius 3 is 2.96 bits per heavy atom. The molecule has 1 aliphatic heterocycles. The van der Waals surface area contributed by atoms with E-state index in [1.807, 2.05) is 11.0 Å². The van der Waals surface area contributed by atoms with Crippen molar-refractivity contribution >= 4 is 23.4 Å². The van der Waals surface area contributed by atoms with Crippen molar-refractivity contribution in [3.8, 4) is 11.5 Å². The molecule has 0 unspecified atom stereocenters. The van der Waals surface area contributed by atoms with Gasteiger partial charge in [-0.15, -0.1) is 10.2 Å². The quantitative estimate of drug-likeness (QED) is 0.604. The standard InChI is InChI=1S/C17H17ClN4O4/c1-2-7-25-17(24)11-3-5-22(6-4-11)15-13(18)8-12(9-19-15)16-21-20-14(10-23)26-16/h2-3,8-9,23H,1,4-7,10H2. The molecule has 8 nitrogen and oxygen atoms in total. The van der Waals surface area contributed by atoms with Gasteiger partial charge in [-0.3, -0.25) is 0 Å². The summed E-state index contributed by atoms with van der Waals surface area (Å²) in [6.07, 6.45) is 5.46. The fraction of sp³-hybridized carbons (Fsp3) is 0.294. The number of hydrogen-bond donors (Lipinski definition) is 1. The van der Waals surface area contributed by atoms with Gasteiger partial charge in [0.15, 0.2) is 0 Å². The second-order valence-electron chi connectivity index (χ2n) is 5.50. The fourth-order valence-corrected chi connectivity index (χ4v) is 2.77. The predicted molar refractivity (Wildman–Crippen MR) is 94.5 cm³/mol. The Morgan fingerprint density at radius 1 is 1.50 bits per heavy atom. The molecular formula is C17H17ClN4O4. The van der Waals surface area contributed by atoms with E-state index in [4.69, 9.17) is 25.9 Å². The van der Waals surface area contributed by atoms with E-state index in [1.165, 1.54) is 6.08 Å². The van der Waals surface area contributed by atoms with Gasteiger partial charge in [0.25, 0.3) is 0 Å². The maximum Gasteiger partial charge on any atom is 0.334 e. The van der Waals surface area contributed by atoms with E-state index in [-0.39, 0.29) is 31.0 Å². The van der Waals surface area contributed by atoms with Crippen LogP contribution in [0.2, 0.25) is 5.02 Å². The largest absolute Gasteiger partial charge is 0.458 e. The van der Waals surface area contributed by atoms with E-state index < -0.39 is 0 Å². The number of ether oxygens (including phenoxy) is 1. The monoisotopic (exact) mass is 376 g/mol. The molecule has 0 fully saturated rings. The van der Waals surface area contributed by atoms with Crippen molar-refractivity contribution in [2.75, 3.05) is 24.6 Å². The lowest BCUT2D eigenvalue weighted by atomic mass is 10.1. The van der Waals surface area contributed by atoms with E-state index >= 15 is 0 Å². The Hall–Kier alpha value is -2.71. The van der Waals surface area contributed by atoms with Gasteiger partial charge < -0.3 is 19.2 Å². The summed E-state index contributed by atoms with van der Waals surface area (Å²) in [4.78, 5) is 18.2. The molecule has 0 radical (unpaired) electrons. The molecule has 2 aromatic heterocycles. The van der Waals surface area contributed by atoms with Crippen LogP contribution in [0.1, 0.15) is 12.3 Å². The number of halogens is 1. The molecule has 3 heterocycles. The van der Waals surface area contributed by atoms with Crippen LogP contribution in [0.5, 0.6) is 0 Å². The lowest BCUT2D eigenvalue weighted by Crippen LogP contribution is -2.31. The van der Waals surface area contributed by atoms with Gasteiger partial charge in [-0.2, -0.15) is 0 Å². The van der Waals surface area contributed by atoms with Crippen LogP contribution in [0, 0.1) is 0 Å². The zero-order valence-electron chi connectivity index (χ0n) is 13.9. The molecule has 0 saturated carbocycles. The third kappa shape index (κ3) is 3.92. The molecule has 0 saturated heterocycles. The maximum atomic E-state index is 11.9. The molecule has 0 aromatic carbocycles. The molecule has 136 valence electrons. The van der Waals surface area contributed by atoms with Gasteiger partial charge in [0.05, 0.1) is 10.6 Å². The summed E-state index contributed by atoms with van der Waals surface area (Å²) in [5.41, 5.74) is 1.20. The minimum absolute atomic E-state index is 0.122. The summed E-state index contributed by atoms with van der Waals surface area (Å²) >= 11 is 6.35. The van der Waals surface area contributed by atoms with Crippen LogP contribution in [0.15, 0.2) is 41.0 Å². The first-order chi connectivity index (χ1) is 12.6. The number of anilines is 1. The molecule has 0 bridgehead atoms. The molecular weight excluding hydrogens is 360 g/mol. The number of esters is 1. The van der Waals surface area contributed by atoms with Crippen LogP contribution < -0.4 is 4.90 Å². The second-order valence-corrected chi connectivity index (χ2v) is 5.91. The number of rotatable bonds is 6. The topological polar surface area (TPSA) is 102 Å². The van der Waals surface area contributed by atoms with Crippen molar-refractivity contribution < 1.29 is 19.1 Å². The smallest absolute Gasteiger partial charge is 0.334 e. The van der Waals surface area contributed by atoms with E-state index in [2.05, 4.69) is 21.8 Å². The predicted octanol–water partition coefficient (Wildman–Crippen LogP) is 2.14. The summed E-state index contributed by atoms with van der Waals surface area (Å²) in [5, 5.41) is 16.9. The minimum atomic E-state index is -0.329. The number of nitrogens with zero attached hydrogens (tertiary/aromatic N) is 4. The van der Waals surface area contributed by atoms with Crippen molar-refractivity contribution in [3.05, 3.63) is 47.5 Å². The Labute approximate surface area is 154 Å². The Bertz CT molecular complexity index is 849. The molecule has 9 heteroatoms. The van der Waals surface area contributed by atoms with Gasteiger partial charge in [0, 0.05) is 24.9 Å². The summed E-state index contributed by atoms with van der Waals surface area (Å²) in [6, 6.07) is 1.68. The van der Waals surface area contributed by atoms with E-state index in [0.717, 1.165) is 0 Å². The number of aromatic nitrogens is 3. The van der Waals surface area contributed by atoms with Crippen LogP contribution in [-0.2, 0) is 16.1 Å². The Morgan fingerprint density at radius 2 is 2.35 bits per heavy atom. The summed E-state index contributed by atoms with van der Waals surface area (Å²) in [5.74, 6) is 0.639. The van der Waals surface area contributed by atoms with Crippen molar-refractivity contribution in [1.82, 2.24) is 15.2 Å². The van der Waals surface area contributed by atoms with Gasteiger partial charge in [0.2, 0.25) is 11.8 Å². The SMILES string of the molecule is C=CCOC(=O)C1=CCN(c2ncc(-c3nnc(CO)o3)cc2Cl)CC1. The van der Waals surface area contributed by atoms with Crippen LogP contribution in [0.4, 0.5) is 5.82 Å². The molecule has 0 spiro atoms. The van der Waals surface area contributed by atoms with Gasteiger partial charge >= 0.3 is 5.97 Å². The number of carbonyl (C=O) groups excluding carboxylic acids is 1. The van der Waals surface area contributed by atoms with E-state index in [9.17, 15) is 4.79 Å². The lowest BCUT2D eigenvalue weighted by molar-refractivity contribution is -0.138. The highest BCUT2D eigenvalue weighted by molar-refractivity contribution is 6.33. The molecule has 26 heavy (non-hydrogen) atoms. The van der Waals surface area contributed by atoms with Crippen molar-refractivity contribution in [2.24, 2.45) is 0 Å². The third-order valence-corrected chi connectivity index (χ3v) is 4.05. The number of aliphatic hydroxyl groups excluding tert-OH is 1. The zero-order chi connectivity index (χ0) is 18.5. The Balaban J connectivity index is 1.71. The molecule has 1 aliphatic rings. The molecule has 3 rings (SSSR count). The first-order valence-corrected chi connectivity index (χ1v) is 8.31. The third-order valence-electron chi connectivity index (χ3n) is 3.77. The highest BCUT2D eigenvalue weighted by Gasteiger charge is 2.21. The molecule has 2 aromatic rings. The second kappa shape index (κ2) is 8.11. The maximum absolute atomic E-state index is 11.9. The van der Waals surface area contributed by atoms with Crippen LogP contribution in [-0.4, -0.2) is 46.0 Å². The summed E-state index contributed by atoms with van der Waals surface area (Å²) in [6.45, 7) is 4.48. The van der Waals surface area contributed by atoms with E-state index in [0.29, 0.717) is 41.5 Å². The average Bonchev–Trinajstić information content (AvgIpc) is 3.15. The van der Waals surface area contributed by atoms with Gasteiger partial charge in [-0.1, -0.05) is 30.3 Å². The zero-order valence-corrected chi connectivity index (χ0v) is 14.6. The summed E-state index contributed by atoms with van der Waals surface area (Å²) < 4.78 is 10.3. The Kier molecular flexibility index (Phi) is 5.65. The van der Waals surface area contributed by atoms with Gasteiger partial charge in [-0.05, 0) is 12.5 Å². The molecule has 0 aliphatic carbocycles. The van der Waals surface area contributed by atoms with Gasteiger partial charge in [-0.25, -0.2) is 9.78 Å². The molecule has 1 N–H and O–H groups in total. The molecule has 0 amide bonds. The van der Waals surface area contributed by atoms with Crippen molar-refractivity contribution in [2.45, 2.75) is 13.0 Å². The van der Waals surface area contributed by atoms with Gasteiger partial charge in [0.1, 0.15) is 19.0 Å². The average molecular weight is 377 g/mol. The van der Waals surface area contributed by atoms with Crippen LogP contribution in [0.25, 0.3) is 11.5 Å². The normalized spacial score (nSPS) is 14.1. The minimum Gasteiger partial charge on any atom is -0.458 e. The lowest BCUT2D eigenvalue weighted by Gasteiger charge is -2.27. The first kappa shape index (κ1) is 18.1. The van der Waals surface area contributed by atoms with E-state index in [1.54, 1.807) is 12.3 Å². The molecule has 0 atom stereocenters. The van der Waals surface area contributed by atoms with Crippen molar-refractivity contribution in [3.63, 3.8) is 0 Å². The first-order valence-electron chi connectivity index (χ1n) is 7.93. The van der Waals surface area contributed by atoms with Crippen LogP contribution in [0.3, 0.4) is 0 Å². The summed E-state index contributed by atoms with van der Waals surface area (Å²) in [7, 11) is 0. The number of pyridine rings is 1. The highest BCUT2D eigenvalue weighted by Crippen LogP contribution is 2.30. The number of carbonyl (C=O) groups is 1.